The third kappa shape index (κ3) is 4.13. The Morgan fingerprint density at radius 1 is 1.06 bits per heavy atom. The first-order valence-electron chi connectivity index (χ1n) is 10.7. The molecule has 8 nitrogen and oxygen atoms in total. The van der Waals surface area contributed by atoms with E-state index in [0.29, 0.717) is 49.2 Å². The minimum absolute atomic E-state index is 0.225. The Labute approximate surface area is 186 Å². The number of fused-ring (bicyclic) bond motifs is 1. The number of amides is 4. The number of anilines is 1. The van der Waals surface area contributed by atoms with E-state index in [9.17, 15) is 19.2 Å². The zero-order chi connectivity index (χ0) is 22.7. The van der Waals surface area contributed by atoms with Gasteiger partial charge in [-0.2, -0.15) is 0 Å². The molecule has 1 N–H and O–H groups in total. The zero-order valence-electron chi connectivity index (χ0n) is 17.9. The second-order valence-corrected chi connectivity index (χ2v) is 7.88. The molecule has 8 heteroatoms. The Hall–Kier alpha value is -3.52. The van der Waals surface area contributed by atoms with E-state index in [1.807, 2.05) is 18.2 Å². The smallest absolute Gasteiger partial charge is 0.261 e. The summed E-state index contributed by atoms with van der Waals surface area (Å²) in [6.45, 7) is 1.16. The maximum absolute atomic E-state index is 13.2. The summed E-state index contributed by atoms with van der Waals surface area (Å²) in [6, 6.07) is 13.1. The van der Waals surface area contributed by atoms with E-state index >= 15 is 0 Å². The molecule has 2 aromatic rings. The summed E-state index contributed by atoms with van der Waals surface area (Å²) in [6.07, 6.45) is 1.83. The van der Waals surface area contributed by atoms with Crippen molar-refractivity contribution in [2.24, 2.45) is 0 Å². The average Bonchev–Trinajstić information content (AvgIpc) is 3.39. The highest BCUT2D eigenvalue weighted by atomic mass is 16.5. The van der Waals surface area contributed by atoms with Crippen molar-refractivity contribution in [2.75, 3.05) is 32.1 Å². The van der Waals surface area contributed by atoms with Gasteiger partial charge in [0, 0.05) is 38.1 Å². The van der Waals surface area contributed by atoms with Gasteiger partial charge in [-0.15, -0.1) is 0 Å². The van der Waals surface area contributed by atoms with Gasteiger partial charge in [0.25, 0.3) is 17.7 Å². The number of nitrogens with one attached hydrogen (secondary N) is 1. The average molecular weight is 435 g/mol. The normalized spacial score (nSPS) is 17.6. The predicted molar refractivity (Wildman–Crippen MR) is 117 cm³/mol. The zero-order valence-corrected chi connectivity index (χ0v) is 17.9. The Morgan fingerprint density at radius 2 is 1.81 bits per heavy atom. The number of hydrogen-bond acceptors (Lipinski definition) is 5. The number of para-hydroxylation sites is 1. The van der Waals surface area contributed by atoms with Crippen LogP contribution in [-0.4, -0.2) is 66.3 Å². The van der Waals surface area contributed by atoms with E-state index in [1.54, 1.807) is 25.3 Å². The van der Waals surface area contributed by atoms with Gasteiger partial charge in [0.05, 0.1) is 11.1 Å². The van der Waals surface area contributed by atoms with Gasteiger partial charge in [-0.25, -0.2) is 0 Å². The minimum Gasteiger partial charge on any atom is -0.385 e. The first-order chi connectivity index (χ1) is 15.5. The molecule has 0 bridgehead atoms. The van der Waals surface area contributed by atoms with Crippen molar-refractivity contribution in [3.8, 4) is 0 Å². The molecule has 2 aliphatic rings. The van der Waals surface area contributed by atoms with Crippen LogP contribution in [0.4, 0.5) is 5.69 Å². The van der Waals surface area contributed by atoms with Crippen LogP contribution in [0.15, 0.2) is 48.5 Å². The van der Waals surface area contributed by atoms with E-state index in [0.717, 1.165) is 0 Å². The van der Waals surface area contributed by atoms with Crippen molar-refractivity contribution < 1.29 is 23.9 Å². The van der Waals surface area contributed by atoms with Gasteiger partial charge in [0.1, 0.15) is 6.04 Å². The molecule has 2 aliphatic heterocycles. The number of rotatable bonds is 7. The summed E-state index contributed by atoms with van der Waals surface area (Å²) in [7, 11) is 1.56. The Morgan fingerprint density at radius 3 is 2.56 bits per heavy atom. The van der Waals surface area contributed by atoms with E-state index < -0.39 is 11.9 Å². The van der Waals surface area contributed by atoms with Crippen LogP contribution in [-0.2, 0) is 9.53 Å². The lowest BCUT2D eigenvalue weighted by Gasteiger charge is -2.24. The predicted octanol–water partition coefficient (Wildman–Crippen LogP) is 2.56. The molecule has 1 atom stereocenters. The summed E-state index contributed by atoms with van der Waals surface area (Å²) >= 11 is 0. The molecular weight excluding hydrogens is 410 g/mol. The number of likely N-dealkylation sites (tertiary alicyclic amines) is 1. The van der Waals surface area contributed by atoms with E-state index in [-0.39, 0.29) is 29.8 Å². The lowest BCUT2D eigenvalue weighted by Crippen LogP contribution is -2.43. The molecule has 0 aliphatic carbocycles. The van der Waals surface area contributed by atoms with Crippen LogP contribution in [0.5, 0.6) is 0 Å². The maximum atomic E-state index is 13.2. The highest BCUT2D eigenvalue weighted by molar-refractivity contribution is 6.22. The molecule has 2 heterocycles. The van der Waals surface area contributed by atoms with Crippen LogP contribution in [0.3, 0.4) is 0 Å². The minimum atomic E-state index is -0.584. The summed E-state index contributed by atoms with van der Waals surface area (Å²) in [4.78, 5) is 54.0. The molecule has 0 aromatic heterocycles. The van der Waals surface area contributed by atoms with Crippen LogP contribution in [0.2, 0.25) is 0 Å². The fraction of sp³-hybridized carbons (Fsp3) is 0.333. The standard InChI is InChI=1S/C24H25N3O5/c1-32-14-6-13-27-23(30)18-11-10-16(15-19(18)24(27)31)22(29)26-12-5-9-20(26)21(28)25-17-7-3-2-4-8-17/h2-4,7-8,10-11,15,20H,5-6,9,12-14H2,1H3,(H,25,28). The van der Waals surface area contributed by atoms with Crippen LogP contribution in [0.1, 0.15) is 50.3 Å². The van der Waals surface area contributed by atoms with Crippen molar-refractivity contribution in [3.05, 3.63) is 65.2 Å². The molecule has 4 amide bonds. The molecule has 1 fully saturated rings. The van der Waals surface area contributed by atoms with Crippen molar-refractivity contribution in [1.29, 1.82) is 0 Å². The number of hydrogen-bond donors (Lipinski definition) is 1. The largest absolute Gasteiger partial charge is 0.385 e. The number of ether oxygens (including phenoxy) is 1. The monoisotopic (exact) mass is 435 g/mol. The summed E-state index contributed by atoms with van der Waals surface area (Å²) < 4.78 is 4.99. The van der Waals surface area contributed by atoms with Crippen LogP contribution in [0, 0.1) is 0 Å². The first-order valence-corrected chi connectivity index (χ1v) is 10.7. The van der Waals surface area contributed by atoms with Crippen molar-refractivity contribution in [1.82, 2.24) is 9.80 Å². The maximum Gasteiger partial charge on any atom is 0.261 e. The van der Waals surface area contributed by atoms with Crippen LogP contribution >= 0.6 is 0 Å². The lowest BCUT2D eigenvalue weighted by atomic mass is 10.0. The van der Waals surface area contributed by atoms with Gasteiger partial charge >= 0.3 is 0 Å². The quantitative estimate of drug-likeness (QED) is 0.533. The van der Waals surface area contributed by atoms with Crippen molar-refractivity contribution >= 4 is 29.3 Å². The molecule has 2 aromatic carbocycles. The first kappa shape index (κ1) is 21.7. The number of nitrogens with zero attached hydrogens (tertiary/aromatic N) is 2. The third-order valence-electron chi connectivity index (χ3n) is 5.81. The highest BCUT2D eigenvalue weighted by Gasteiger charge is 2.38. The fourth-order valence-corrected chi connectivity index (χ4v) is 4.19. The van der Waals surface area contributed by atoms with Gasteiger partial charge in [0.2, 0.25) is 5.91 Å². The molecule has 1 unspecified atom stereocenters. The van der Waals surface area contributed by atoms with E-state index in [4.69, 9.17) is 4.74 Å². The van der Waals surface area contributed by atoms with Gasteiger partial charge in [-0.3, -0.25) is 24.1 Å². The number of carbonyl (C=O) groups is 4. The van der Waals surface area contributed by atoms with Crippen LogP contribution in [0.25, 0.3) is 0 Å². The Kier molecular flexibility index (Phi) is 6.32. The molecule has 166 valence electrons. The molecular formula is C24H25N3O5. The topological polar surface area (TPSA) is 96.0 Å². The molecule has 0 saturated carbocycles. The summed E-state index contributed by atoms with van der Waals surface area (Å²) in [5.74, 6) is -1.33. The van der Waals surface area contributed by atoms with Crippen LogP contribution < -0.4 is 5.32 Å². The van der Waals surface area contributed by atoms with Gasteiger partial charge in [-0.1, -0.05) is 18.2 Å². The van der Waals surface area contributed by atoms with Crippen molar-refractivity contribution in [2.45, 2.75) is 25.3 Å². The lowest BCUT2D eigenvalue weighted by molar-refractivity contribution is -0.119. The second-order valence-electron chi connectivity index (χ2n) is 7.88. The van der Waals surface area contributed by atoms with Gasteiger partial charge in [-0.05, 0) is 49.6 Å². The van der Waals surface area contributed by atoms with Gasteiger partial charge in [0.15, 0.2) is 0 Å². The fourth-order valence-electron chi connectivity index (χ4n) is 4.19. The van der Waals surface area contributed by atoms with Gasteiger partial charge < -0.3 is 15.0 Å². The van der Waals surface area contributed by atoms with Crippen molar-refractivity contribution in [3.63, 3.8) is 0 Å². The number of carbonyl (C=O) groups excluding carboxylic acids is 4. The second kappa shape index (κ2) is 9.32. The summed E-state index contributed by atoms with van der Waals surface area (Å²) in [5, 5.41) is 2.86. The Balaban J connectivity index is 1.50. The SMILES string of the molecule is COCCCN1C(=O)c2ccc(C(=O)N3CCCC3C(=O)Nc3ccccc3)cc2C1=O. The van der Waals surface area contributed by atoms with E-state index in [1.165, 1.54) is 21.9 Å². The number of imide groups is 1. The number of methoxy groups -OCH3 is 1. The highest BCUT2D eigenvalue weighted by Crippen LogP contribution is 2.27. The molecule has 1 saturated heterocycles. The third-order valence-corrected chi connectivity index (χ3v) is 5.81. The molecule has 32 heavy (non-hydrogen) atoms. The van der Waals surface area contributed by atoms with E-state index in [2.05, 4.69) is 5.32 Å². The molecule has 4 rings (SSSR count). The Bertz CT molecular complexity index is 1050. The molecule has 0 spiro atoms. The number of benzene rings is 2. The molecule has 0 radical (unpaired) electrons. The summed E-state index contributed by atoms with van der Waals surface area (Å²) in [5.41, 5.74) is 1.49.